The molecule has 1 aliphatic heterocycles. The molecule has 0 bridgehead atoms. The Kier molecular flexibility index (Phi) is 5.23. The maximum Gasteiger partial charge on any atom is 0.205 e. The van der Waals surface area contributed by atoms with Crippen molar-refractivity contribution in [2.45, 2.75) is 18.9 Å². The molecule has 0 aliphatic carbocycles. The molecule has 0 radical (unpaired) electrons. The number of carbonyl (C=O) groups is 1. The molecule has 32 heavy (non-hydrogen) atoms. The van der Waals surface area contributed by atoms with Crippen molar-refractivity contribution in [3.8, 4) is 0 Å². The van der Waals surface area contributed by atoms with E-state index in [-0.39, 0.29) is 23.5 Å². The number of rotatable bonds is 5. The van der Waals surface area contributed by atoms with Gasteiger partial charge in [-0.25, -0.2) is 18.3 Å². The number of fused-ring (bicyclic) bond motifs is 1. The Morgan fingerprint density at radius 1 is 1.03 bits per heavy atom. The molecule has 7 heteroatoms. The van der Waals surface area contributed by atoms with Crippen LogP contribution >= 0.6 is 0 Å². The zero-order valence-electron chi connectivity index (χ0n) is 17.2. The first-order valence-electron chi connectivity index (χ1n) is 10.4. The highest BCUT2D eigenvalue weighted by molar-refractivity contribution is 6.05. The van der Waals surface area contributed by atoms with Gasteiger partial charge in [0.1, 0.15) is 23.1 Å². The first-order valence-corrected chi connectivity index (χ1v) is 10.4. The van der Waals surface area contributed by atoms with E-state index in [9.17, 15) is 13.6 Å². The SMILES string of the molecule is O=C(/C=C\c1cccc(F)c1)c1cnc2ccc(N3CCCC3c3cccc(F)c3)nn12. The summed E-state index contributed by atoms with van der Waals surface area (Å²) < 4.78 is 28.7. The third-order valence-electron chi connectivity index (χ3n) is 5.66. The Hall–Kier alpha value is -3.87. The topological polar surface area (TPSA) is 50.5 Å². The number of halogens is 2. The summed E-state index contributed by atoms with van der Waals surface area (Å²) in [7, 11) is 0. The zero-order chi connectivity index (χ0) is 22.1. The van der Waals surface area contributed by atoms with Gasteiger partial charge in [0.05, 0.1) is 12.2 Å². The van der Waals surface area contributed by atoms with Crippen LogP contribution in [-0.2, 0) is 0 Å². The minimum absolute atomic E-state index is 0.0196. The number of anilines is 1. The van der Waals surface area contributed by atoms with Gasteiger partial charge in [-0.05, 0) is 66.4 Å². The molecule has 160 valence electrons. The molecule has 0 N–H and O–H groups in total. The molecule has 1 aliphatic rings. The van der Waals surface area contributed by atoms with E-state index in [1.807, 2.05) is 18.2 Å². The zero-order valence-corrected chi connectivity index (χ0v) is 17.2. The second-order valence-corrected chi connectivity index (χ2v) is 7.76. The van der Waals surface area contributed by atoms with E-state index in [0.29, 0.717) is 22.7 Å². The molecule has 3 heterocycles. The number of aromatic nitrogens is 3. The molecule has 1 saturated heterocycles. The van der Waals surface area contributed by atoms with E-state index in [0.717, 1.165) is 24.9 Å². The predicted octanol–water partition coefficient (Wildman–Crippen LogP) is 5.25. The molecule has 1 unspecified atom stereocenters. The maximum atomic E-state index is 13.8. The van der Waals surface area contributed by atoms with Gasteiger partial charge in [-0.3, -0.25) is 4.79 Å². The normalized spacial score (nSPS) is 16.3. The molecule has 2 aromatic carbocycles. The standard InChI is InChI=1S/C25H20F2N4O/c26-19-6-1-4-17(14-19)9-10-23(32)22-16-28-24-11-12-25(29-31(22)24)30-13-3-8-21(30)18-5-2-7-20(27)15-18/h1-2,4-7,9-12,14-16,21H,3,8,13H2/b10-9-. The fourth-order valence-corrected chi connectivity index (χ4v) is 4.15. The van der Waals surface area contributed by atoms with Crippen LogP contribution in [0.3, 0.4) is 0 Å². The number of benzene rings is 2. The molecule has 1 atom stereocenters. The number of nitrogens with zero attached hydrogens (tertiary/aromatic N) is 4. The van der Waals surface area contributed by atoms with Gasteiger partial charge in [-0.15, -0.1) is 5.10 Å². The first kappa shape index (κ1) is 20.1. The number of hydrogen-bond acceptors (Lipinski definition) is 4. The third-order valence-corrected chi connectivity index (χ3v) is 5.66. The van der Waals surface area contributed by atoms with Crippen LogP contribution in [0.5, 0.6) is 0 Å². The Labute approximate surface area is 183 Å². The number of carbonyl (C=O) groups excluding carboxylic acids is 1. The lowest BCUT2D eigenvalue weighted by Crippen LogP contribution is -2.24. The summed E-state index contributed by atoms with van der Waals surface area (Å²) in [6.07, 6.45) is 6.30. The fraction of sp³-hybridized carbons (Fsp3) is 0.160. The highest BCUT2D eigenvalue weighted by Gasteiger charge is 2.28. The highest BCUT2D eigenvalue weighted by Crippen LogP contribution is 2.35. The van der Waals surface area contributed by atoms with Gasteiger partial charge < -0.3 is 4.90 Å². The van der Waals surface area contributed by atoms with Crippen molar-refractivity contribution in [2.75, 3.05) is 11.4 Å². The third kappa shape index (κ3) is 3.89. The lowest BCUT2D eigenvalue weighted by Gasteiger charge is -2.26. The summed E-state index contributed by atoms with van der Waals surface area (Å²) in [5, 5.41) is 4.68. The maximum absolute atomic E-state index is 13.8. The molecule has 0 amide bonds. The second kappa shape index (κ2) is 8.34. The molecule has 1 fully saturated rings. The summed E-state index contributed by atoms with van der Waals surface area (Å²) in [5.41, 5.74) is 2.37. The quantitative estimate of drug-likeness (QED) is 0.321. The smallest absolute Gasteiger partial charge is 0.205 e. The first-order chi connectivity index (χ1) is 15.6. The number of allylic oxidation sites excluding steroid dienone is 1. The van der Waals surface area contributed by atoms with Crippen LogP contribution in [0.25, 0.3) is 11.7 Å². The van der Waals surface area contributed by atoms with Gasteiger partial charge in [-0.2, -0.15) is 0 Å². The van der Waals surface area contributed by atoms with Crippen molar-refractivity contribution in [1.29, 1.82) is 0 Å². The molecule has 2 aromatic heterocycles. The van der Waals surface area contributed by atoms with Crippen LogP contribution in [0.4, 0.5) is 14.6 Å². The average molecular weight is 430 g/mol. The Balaban J connectivity index is 1.45. The Bertz CT molecular complexity index is 1330. The number of imidazole rings is 1. The summed E-state index contributed by atoms with van der Waals surface area (Å²) in [4.78, 5) is 19.2. The van der Waals surface area contributed by atoms with Crippen molar-refractivity contribution in [3.05, 3.63) is 101 Å². The van der Waals surface area contributed by atoms with Crippen molar-refractivity contribution >= 4 is 23.3 Å². The summed E-state index contributed by atoms with van der Waals surface area (Å²) >= 11 is 0. The highest BCUT2D eigenvalue weighted by atomic mass is 19.1. The van der Waals surface area contributed by atoms with Gasteiger partial charge in [-0.1, -0.05) is 30.3 Å². The lowest BCUT2D eigenvalue weighted by molar-refractivity contribution is 0.104. The molecule has 0 saturated carbocycles. The summed E-state index contributed by atoms with van der Waals surface area (Å²) in [6.45, 7) is 0.789. The fourth-order valence-electron chi connectivity index (χ4n) is 4.15. The van der Waals surface area contributed by atoms with Gasteiger partial charge in [0.25, 0.3) is 0 Å². The van der Waals surface area contributed by atoms with Crippen LogP contribution < -0.4 is 4.90 Å². The van der Waals surface area contributed by atoms with Crippen LogP contribution in [0.15, 0.2) is 72.9 Å². The van der Waals surface area contributed by atoms with Crippen LogP contribution in [0.1, 0.15) is 40.5 Å². The van der Waals surface area contributed by atoms with E-state index in [2.05, 4.69) is 15.0 Å². The summed E-state index contributed by atoms with van der Waals surface area (Å²) in [6, 6.07) is 16.4. The largest absolute Gasteiger partial charge is 0.348 e. The second-order valence-electron chi connectivity index (χ2n) is 7.76. The lowest BCUT2D eigenvalue weighted by atomic mass is 10.0. The Morgan fingerprint density at radius 2 is 1.84 bits per heavy atom. The minimum atomic E-state index is -0.362. The van der Waals surface area contributed by atoms with Crippen LogP contribution in [0, 0.1) is 11.6 Å². The van der Waals surface area contributed by atoms with Gasteiger partial charge >= 0.3 is 0 Å². The van der Waals surface area contributed by atoms with Gasteiger partial charge in [0, 0.05) is 6.54 Å². The van der Waals surface area contributed by atoms with Crippen LogP contribution in [-0.4, -0.2) is 26.9 Å². The Morgan fingerprint density at radius 3 is 2.66 bits per heavy atom. The van der Waals surface area contributed by atoms with E-state index in [4.69, 9.17) is 0 Å². The van der Waals surface area contributed by atoms with Gasteiger partial charge in [0.2, 0.25) is 5.78 Å². The van der Waals surface area contributed by atoms with E-state index < -0.39 is 0 Å². The van der Waals surface area contributed by atoms with Crippen molar-refractivity contribution in [2.24, 2.45) is 0 Å². The predicted molar refractivity (Wildman–Crippen MR) is 118 cm³/mol. The van der Waals surface area contributed by atoms with E-state index in [1.165, 1.54) is 35.0 Å². The van der Waals surface area contributed by atoms with E-state index >= 15 is 0 Å². The molecule has 5 rings (SSSR count). The average Bonchev–Trinajstić information content (AvgIpc) is 3.44. The van der Waals surface area contributed by atoms with Crippen LogP contribution in [0.2, 0.25) is 0 Å². The molecule has 5 nitrogen and oxygen atoms in total. The van der Waals surface area contributed by atoms with Gasteiger partial charge in [0.15, 0.2) is 5.65 Å². The van der Waals surface area contributed by atoms with Crippen molar-refractivity contribution in [3.63, 3.8) is 0 Å². The van der Waals surface area contributed by atoms with Crippen molar-refractivity contribution < 1.29 is 13.6 Å². The minimum Gasteiger partial charge on any atom is -0.348 e. The van der Waals surface area contributed by atoms with E-state index in [1.54, 1.807) is 30.3 Å². The number of hydrogen-bond donors (Lipinski definition) is 0. The molecule has 4 aromatic rings. The molecule has 0 spiro atoms. The number of ketones is 1. The summed E-state index contributed by atoms with van der Waals surface area (Å²) in [5.74, 6) is -0.204. The van der Waals surface area contributed by atoms with Crippen molar-refractivity contribution in [1.82, 2.24) is 14.6 Å². The molecular formula is C25H20F2N4O. The molecular weight excluding hydrogens is 410 g/mol. The monoisotopic (exact) mass is 430 g/mol.